The van der Waals surface area contributed by atoms with Gasteiger partial charge in [-0.05, 0) is 109 Å². The minimum Gasteiger partial charge on any atom is -0.445 e. The minimum atomic E-state index is -1.42. The van der Waals surface area contributed by atoms with Gasteiger partial charge >= 0.3 is 5.97 Å². The van der Waals surface area contributed by atoms with Crippen molar-refractivity contribution in [3.63, 3.8) is 0 Å². The number of allylic oxidation sites excluding steroid dienone is 1. The van der Waals surface area contributed by atoms with Gasteiger partial charge in [0.05, 0.1) is 35.5 Å². The van der Waals surface area contributed by atoms with Gasteiger partial charge in [0.15, 0.2) is 5.60 Å². The smallest absolute Gasteiger partial charge is 0.349 e. The lowest BCUT2D eigenvalue weighted by atomic mass is 9.45. The van der Waals surface area contributed by atoms with Crippen molar-refractivity contribution in [2.45, 2.75) is 64.1 Å². The molecule has 0 radical (unpaired) electrons. The van der Waals surface area contributed by atoms with E-state index in [1.54, 1.807) is 29.6 Å². The summed E-state index contributed by atoms with van der Waals surface area (Å²) >= 11 is 2.19. The van der Waals surface area contributed by atoms with E-state index in [1.165, 1.54) is 29.0 Å². The van der Waals surface area contributed by atoms with Crippen LogP contribution in [0.1, 0.15) is 66.9 Å². The number of nitriles is 1. The van der Waals surface area contributed by atoms with E-state index in [0.717, 1.165) is 48.0 Å². The summed E-state index contributed by atoms with van der Waals surface area (Å²) in [5.41, 5.74) is 1.68. The summed E-state index contributed by atoms with van der Waals surface area (Å²) in [6.07, 6.45) is 7.26. The molecule has 0 amide bonds. The summed E-state index contributed by atoms with van der Waals surface area (Å²) in [5.74, 6) is -0.667. The number of ether oxygens (including phenoxy) is 1. The molecule has 0 aliphatic heterocycles. The molecule has 0 saturated heterocycles. The molecule has 228 valence electrons. The van der Waals surface area contributed by atoms with Crippen molar-refractivity contribution in [3.05, 3.63) is 75.5 Å². The largest absolute Gasteiger partial charge is 0.445 e. The van der Waals surface area contributed by atoms with Crippen molar-refractivity contribution in [1.82, 2.24) is 9.78 Å². The second-order valence-corrected chi connectivity index (χ2v) is 15.1. The van der Waals surface area contributed by atoms with Gasteiger partial charge in [-0.2, -0.15) is 10.4 Å². The molecule has 0 spiro atoms. The molecule has 3 fully saturated rings. The van der Waals surface area contributed by atoms with Crippen LogP contribution in [-0.4, -0.2) is 43.4 Å². The van der Waals surface area contributed by atoms with E-state index in [-0.39, 0.29) is 39.9 Å². The molecule has 3 aromatic rings. The van der Waals surface area contributed by atoms with Gasteiger partial charge in [0.25, 0.3) is 0 Å². The number of carbonyl (C=O) groups is 2. The van der Waals surface area contributed by atoms with Crippen LogP contribution in [0.4, 0.5) is 4.39 Å². The first-order chi connectivity index (χ1) is 21.1. The van der Waals surface area contributed by atoms with Gasteiger partial charge in [0.2, 0.25) is 5.12 Å². The molecule has 3 saturated carbocycles. The standard InChI is InChI=1S/C34H34FN3O4S2/c1-32-17-20-19-37-38(23-8-6-22(35)7-9-23)26(20)16-21(32)5-10-24-25-11-12-34(31(41)44-15-13-36,33(25,2)18-27(39)29(24)32)42-30(40)28-4-3-14-43-28/h3-4,6-9,14,16,19,24-25,27,29,39H,5,10-12,15,17-18H2,1-2H3/t24?,25-,27-,29+,32?,33?,34?/m0/s1. The Hall–Kier alpha value is -3.26. The van der Waals surface area contributed by atoms with E-state index in [2.05, 4.69) is 18.1 Å². The first-order valence-corrected chi connectivity index (χ1v) is 17.0. The molecule has 4 aliphatic rings. The zero-order valence-electron chi connectivity index (χ0n) is 24.7. The predicted octanol–water partition coefficient (Wildman–Crippen LogP) is 6.60. The number of benzene rings is 1. The van der Waals surface area contributed by atoms with Gasteiger partial charge in [-0.15, -0.1) is 11.3 Å². The SMILES string of the molecule is CC12Cc3cnn(-c4ccc(F)cc4)c3C=C1CCC1[C@@H]2[C@@H](O)CC2(C)[C@H]1CCC2(OC(=O)c1cccs1)C(=O)SCC#N. The number of thiophene rings is 1. The number of fused-ring (bicyclic) bond motifs is 6. The van der Waals surface area contributed by atoms with Crippen molar-refractivity contribution in [2.24, 2.45) is 28.6 Å². The van der Waals surface area contributed by atoms with Gasteiger partial charge in [-0.3, -0.25) is 4.79 Å². The minimum absolute atomic E-state index is 0.0212. The number of nitrogens with zero attached hydrogens (tertiary/aromatic N) is 3. The highest BCUT2D eigenvalue weighted by molar-refractivity contribution is 8.14. The van der Waals surface area contributed by atoms with Crippen molar-refractivity contribution in [2.75, 3.05) is 5.75 Å². The van der Waals surface area contributed by atoms with E-state index >= 15 is 0 Å². The Morgan fingerprint density at radius 3 is 2.77 bits per heavy atom. The number of aromatic nitrogens is 2. The molecule has 2 aromatic heterocycles. The summed E-state index contributed by atoms with van der Waals surface area (Å²) in [5, 5.41) is 27.5. The van der Waals surface area contributed by atoms with Gasteiger partial charge < -0.3 is 9.84 Å². The van der Waals surface area contributed by atoms with Crippen molar-refractivity contribution in [3.8, 4) is 11.8 Å². The number of aliphatic hydroxyl groups excluding tert-OH is 1. The molecular weight excluding hydrogens is 598 g/mol. The maximum atomic E-state index is 13.9. The van der Waals surface area contributed by atoms with Gasteiger partial charge in [0.1, 0.15) is 10.7 Å². The quantitative estimate of drug-likeness (QED) is 0.316. The maximum absolute atomic E-state index is 13.9. The molecule has 10 heteroatoms. The highest BCUT2D eigenvalue weighted by Crippen LogP contribution is 2.69. The number of carbonyl (C=O) groups excluding carboxylic acids is 2. The van der Waals surface area contributed by atoms with Crippen molar-refractivity contribution < 1.29 is 23.8 Å². The Balaban J connectivity index is 1.23. The van der Waals surface area contributed by atoms with Crippen LogP contribution >= 0.6 is 23.1 Å². The van der Waals surface area contributed by atoms with E-state index in [4.69, 9.17) is 4.74 Å². The average Bonchev–Trinajstić information content (AvgIpc) is 3.73. The summed E-state index contributed by atoms with van der Waals surface area (Å²) in [6, 6.07) is 11.8. The number of thioether (sulfide) groups is 1. The average molecular weight is 632 g/mol. The second kappa shape index (κ2) is 10.7. The third-order valence-electron chi connectivity index (χ3n) is 11.2. The lowest BCUT2D eigenvalue weighted by Gasteiger charge is -2.60. The fraction of sp³-hybridized carbons (Fsp3) is 0.471. The molecule has 4 unspecified atom stereocenters. The first kappa shape index (κ1) is 29.5. The molecule has 1 N–H and O–H groups in total. The number of halogens is 1. The van der Waals surface area contributed by atoms with Crippen LogP contribution in [-0.2, 0) is 16.0 Å². The van der Waals surface area contributed by atoms with Crippen LogP contribution < -0.4 is 0 Å². The molecule has 1 aromatic carbocycles. The zero-order valence-corrected chi connectivity index (χ0v) is 26.3. The Morgan fingerprint density at radius 1 is 1.25 bits per heavy atom. The third kappa shape index (κ3) is 4.27. The van der Waals surface area contributed by atoms with Gasteiger partial charge in [-0.1, -0.05) is 37.2 Å². The van der Waals surface area contributed by atoms with Crippen LogP contribution in [0.25, 0.3) is 11.8 Å². The number of aliphatic hydroxyl groups is 1. The Labute approximate surface area is 264 Å². The van der Waals surface area contributed by atoms with Crippen LogP contribution in [0, 0.1) is 45.7 Å². The molecule has 7 nitrogen and oxygen atoms in total. The van der Waals surface area contributed by atoms with E-state index in [1.807, 2.05) is 23.9 Å². The van der Waals surface area contributed by atoms with Gasteiger partial charge in [0, 0.05) is 5.41 Å². The zero-order chi connectivity index (χ0) is 30.9. The van der Waals surface area contributed by atoms with Crippen LogP contribution in [0.3, 0.4) is 0 Å². The Morgan fingerprint density at radius 2 is 2.05 bits per heavy atom. The lowest BCUT2D eigenvalue weighted by Crippen LogP contribution is -2.62. The molecule has 44 heavy (non-hydrogen) atoms. The molecule has 7 rings (SSSR count). The number of esters is 1. The van der Waals surface area contributed by atoms with E-state index in [0.29, 0.717) is 24.1 Å². The van der Waals surface area contributed by atoms with E-state index < -0.39 is 23.1 Å². The van der Waals surface area contributed by atoms with Gasteiger partial charge in [-0.25, -0.2) is 13.9 Å². The number of rotatable bonds is 5. The fourth-order valence-electron chi connectivity index (χ4n) is 9.32. The fourth-order valence-corrected chi connectivity index (χ4v) is 10.7. The highest BCUT2D eigenvalue weighted by atomic mass is 32.2. The highest BCUT2D eigenvalue weighted by Gasteiger charge is 2.70. The summed E-state index contributed by atoms with van der Waals surface area (Å²) in [4.78, 5) is 27.7. The Bertz CT molecular complexity index is 1700. The molecule has 2 heterocycles. The molecule has 4 aliphatic carbocycles. The topological polar surface area (TPSA) is 105 Å². The van der Waals surface area contributed by atoms with Crippen LogP contribution in [0.2, 0.25) is 0 Å². The third-order valence-corrected chi connectivity index (χ3v) is 12.9. The van der Waals surface area contributed by atoms with Crippen molar-refractivity contribution in [1.29, 1.82) is 5.26 Å². The molecule has 7 atom stereocenters. The summed E-state index contributed by atoms with van der Waals surface area (Å²) in [6.45, 7) is 4.28. The Kier molecular flexibility index (Phi) is 7.15. The lowest BCUT2D eigenvalue weighted by molar-refractivity contribution is -0.174. The first-order valence-electron chi connectivity index (χ1n) is 15.1. The van der Waals surface area contributed by atoms with Crippen LogP contribution in [0.5, 0.6) is 0 Å². The van der Waals surface area contributed by atoms with E-state index in [9.17, 15) is 24.3 Å². The van der Waals surface area contributed by atoms with Crippen LogP contribution in [0.15, 0.2) is 53.5 Å². The summed E-state index contributed by atoms with van der Waals surface area (Å²) < 4.78 is 21.7. The molecule has 0 bridgehead atoms. The number of hydrogen-bond acceptors (Lipinski definition) is 8. The number of hydrogen-bond donors (Lipinski definition) is 1. The molecular formula is C34H34FN3O4S2. The maximum Gasteiger partial charge on any atom is 0.349 e. The van der Waals surface area contributed by atoms with Crippen molar-refractivity contribution >= 4 is 40.3 Å². The monoisotopic (exact) mass is 631 g/mol. The normalized spacial score (nSPS) is 33.7. The summed E-state index contributed by atoms with van der Waals surface area (Å²) in [7, 11) is 0. The predicted molar refractivity (Wildman–Crippen MR) is 167 cm³/mol. The second-order valence-electron chi connectivity index (χ2n) is 13.2.